The molecule has 5 heteroatoms. The molecule has 2 unspecified atom stereocenters. The van der Waals surface area contributed by atoms with Gasteiger partial charge in [-0.15, -0.1) is 0 Å². The fourth-order valence-corrected chi connectivity index (χ4v) is 2.59. The smallest absolute Gasteiger partial charge is 0.227 e. The normalized spacial score (nSPS) is 28.9. The van der Waals surface area contributed by atoms with E-state index < -0.39 is 0 Å². The lowest BCUT2D eigenvalue weighted by Crippen LogP contribution is -2.46. The van der Waals surface area contributed by atoms with Crippen LogP contribution in [0.4, 0.5) is 0 Å². The number of carbonyl (C=O) groups is 2. The third kappa shape index (κ3) is 3.19. The third-order valence-electron chi connectivity index (χ3n) is 3.61. The van der Waals surface area contributed by atoms with Crippen molar-refractivity contribution < 1.29 is 9.59 Å². The highest BCUT2D eigenvalue weighted by atomic mass is 16.2. The summed E-state index contributed by atoms with van der Waals surface area (Å²) in [4.78, 5) is 24.9. The first-order valence-corrected chi connectivity index (χ1v) is 6.42. The summed E-state index contributed by atoms with van der Waals surface area (Å²) in [6, 6.07) is 0.419. The first-order chi connectivity index (χ1) is 8.16. The Morgan fingerprint density at radius 1 is 1.47 bits per heavy atom. The molecule has 2 rings (SSSR count). The van der Waals surface area contributed by atoms with E-state index in [1.54, 1.807) is 4.90 Å². The Morgan fingerprint density at radius 3 is 2.88 bits per heavy atom. The molecule has 5 nitrogen and oxygen atoms in total. The molecule has 0 aromatic heterocycles. The fraction of sp³-hybridized carbons (Fsp3) is 0.833. The maximum absolute atomic E-state index is 12.1. The molecule has 0 aromatic rings. The van der Waals surface area contributed by atoms with E-state index >= 15 is 0 Å². The van der Waals surface area contributed by atoms with Gasteiger partial charge in [0.05, 0.1) is 5.92 Å². The predicted octanol–water partition coefficient (Wildman–Crippen LogP) is -0.277. The molecule has 0 spiro atoms. The van der Waals surface area contributed by atoms with Gasteiger partial charge in [-0.25, -0.2) is 0 Å². The summed E-state index contributed by atoms with van der Waals surface area (Å²) in [6.45, 7) is 2.31. The Labute approximate surface area is 102 Å². The van der Waals surface area contributed by atoms with E-state index in [1.807, 2.05) is 7.05 Å². The Morgan fingerprint density at radius 2 is 2.29 bits per heavy atom. The van der Waals surface area contributed by atoms with Crippen LogP contribution in [-0.2, 0) is 9.59 Å². The molecule has 2 saturated heterocycles. The number of amides is 2. The zero-order valence-corrected chi connectivity index (χ0v) is 10.4. The van der Waals surface area contributed by atoms with Crippen molar-refractivity contribution in [1.82, 2.24) is 15.5 Å². The number of nitrogens with zero attached hydrogens (tertiary/aromatic N) is 1. The highest BCUT2D eigenvalue weighted by Gasteiger charge is 2.30. The van der Waals surface area contributed by atoms with E-state index in [0.717, 1.165) is 19.5 Å². The van der Waals surface area contributed by atoms with E-state index in [-0.39, 0.29) is 17.7 Å². The van der Waals surface area contributed by atoms with E-state index in [9.17, 15) is 9.59 Å². The largest absolute Gasteiger partial charge is 0.355 e. The molecular formula is C12H21N3O2. The lowest BCUT2D eigenvalue weighted by atomic mass is 10.0. The van der Waals surface area contributed by atoms with Crippen LogP contribution in [0, 0.1) is 5.92 Å². The molecule has 0 radical (unpaired) electrons. The molecule has 2 aliphatic rings. The lowest BCUT2D eigenvalue weighted by molar-refractivity contribution is -0.134. The van der Waals surface area contributed by atoms with E-state index in [1.165, 1.54) is 12.8 Å². The van der Waals surface area contributed by atoms with E-state index in [4.69, 9.17) is 0 Å². The van der Waals surface area contributed by atoms with Crippen LogP contribution in [0.5, 0.6) is 0 Å². The maximum Gasteiger partial charge on any atom is 0.227 e. The molecule has 2 atom stereocenters. The molecule has 0 aliphatic carbocycles. The summed E-state index contributed by atoms with van der Waals surface area (Å²) >= 11 is 0. The molecule has 96 valence electrons. The summed E-state index contributed by atoms with van der Waals surface area (Å²) in [5.74, 6) is -0.0700. The first-order valence-electron chi connectivity index (χ1n) is 6.42. The number of rotatable bonds is 3. The lowest BCUT2D eigenvalue weighted by Gasteiger charge is -2.29. The zero-order chi connectivity index (χ0) is 12.3. The summed E-state index contributed by atoms with van der Waals surface area (Å²) in [6.07, 6.45) is 3.96. The molecule has 0 aromatic carbocycles. The van der Waals surface area contributed by atoms with Crippen LogP contribution in [0.15, 0.2) is 0 Å². The van der Waals surface area contributed by atoms with Gasteiger partial charge in [0.25, 0.3) is 0 Å². The minimum atomic E-state index is -0.156. The Kier molecular flexibility index (Phi) is 3.99. The molecular weight excluding hydrogens is 218 g/mol. The number of piperidine rings is 1. The molecule has 0 saturated carbocycles. The van der Waals surface area contributed by atoms with Gasteiger partial charge in [0.2, 0.25) is 11.8 Å². The van der Waals surface area contributed by atoms with E-state index in [2.05, 4.69) is 10.6 Å². The van der Waals surface area contributed by atoms with Crippen LogP contribution in [0.25, 0.3) is 0 Å². The highest BCUT2D eigenvalue weighted by molar-refractivity contribution is 5.89. The zero-order valence-electron chi connectivity index (χ0n) is 10.4. The van der Waals surface area contributed by atoms with Gasteiger partial charge in [0.1, 0.15) is 0 Å². The Hall–Kier alpha value is -1.10. The fourth-order valence-electron chi connectivity index (χ4n) is 2.59. The summed E-state index contributed by atoms with van der Waals surface area (Å²) in [5.41, 5.74) is 0. The summed E-state index contributed by atoms with van der Waals surface area (Å²) < 4.78 is 0. The number of hydrogen-bond acceptors (Lipinski definition) is 3. The van der Waals surface area contributed by atoms with Gasteiger partial charge in [-0.05, 0) is 19.4 Å². The molecule has 17 heavy (non-hydrogen) atoms. The molecule has 2 amide bonds. The standard InChI is InChI=1S/C12H21N3O2/c1-15(8-10-4-2-3-5-13-10)12(17)9-6-11(16)14-7-9/h9-10,13H,2-8H2,1H3,(H,14,16). The average Bonchev–Trinajstić information content (AvgIpc) is 2.76. The van der Waals surface area contributed by atoms with Gasteiger partial charge in [0, 0.05) is 32.6 Å². The van der Waals surface area contributed by atoms with Crippen LogP contribution in [0.3, 0.4) is 0 Å². The molecule has 2 fully saturated rings. The van der Waals surface area contributed by atoms with Gasteiger partial charge in [-0.2, -0.15) is 0 Å². The highest BCUT2D eigenvalue weighted by Crippen LogP contribution is 2.14. The van der Waals surface area contributed by atoms with Crippen LogP contribution < -0.4 is 10.6 Å². The third-order valence-corrected chi connectivity index (χ3v) is 3.61. The van der Waals surface area contributed by atoms with Gasteiger partial charge >= 0.3 is 0 Å². The van der Waals surface area contributed by atoms with Crippen molar-refractivity contribution >= 4 is 11.8 Å². The van der Waals surface area contributed by atoms with Crippen LogP contribution in [-0.4, -0.2) is 49.4 Å². The van der Waals surface area contributed by atoms with Crippen LogP contribution in [0.2, 0.25) is 0 Å². The van der Waals surface area contributed by atoms with Gasteiger partial charge in [-0.3, -0.25) is 9.59 Å². The second kappa shape index (κ2) is 5.49. The van der Waals surface area contributed by atoms with Crippen molar-refractivity contribution in [3.05, 3.63) is 0 Å². The number of carbonyl (C=O) groups excluding carboxylic acids is 2. The second-order valence-electron chi connectivity index (χ2n) is 5.07. The Balaban J connectivity index is 1.80. The van der Waals surface area contributed by atoms with Crippen molar-refractivity contribution in [3.63, 3.8) is 0 Å². The minimum absolute atomic E-state index is 0.00691. The van der Waals surface area contributed by atoms with Crippen molar-refractivity contribution in [2.75, 3.05) is 26.7 Å². The van der Waals surface area contributed by atoms with Crippen molar-refractivity contribution in [2.45, 2.75) is 31.7 Å². The summed E-state index contributed by atoms with van der Waals surface area (Å²) in [5, 5.41) is 6.13. The van der Waals surface area contributed by atoms with E-state index in [0.29, 0.717) is 19.0 Å². The molecule has 0 bridgehead atoms. The first kappa shape index (κ1) is 12.4. The van der Waals surface area contributed by atoms with Gasteiger partial charge in [0.15, 0.2) is 0 Å². The van der Waals surface area contributed by atoms with Crippen molar-refractivity contribution in [2.24, 2.45) is 5.92 Å². The van der Waals surface area contributed by atoms with Crippen molar-refractivity contribution in [3.8, 4) is 0 Å². The topological polar surface area (TPSA) is 61.4 Å². The second-order valence-corrected chi connectivity index (χ2v) is 5.07. The van der Waals surface area contributed by atoms with Crippen LogP contribution in [0.1, 0.15) is 25.7 Å². The van der Waals surface area contributed by atoms with Gasteiger partial charge in [-0.1, -0.05) is 6.42 Å². The number of nitrogens with one attached hydrogen (secondary N) is 2. The minimum Gasteiger partial charge on any atom is -0.355 e. The maximum atomic E-state index is 12.1. The monoisotopic (exact) mass is 239 g/mol. The van der Waals surface area contributed by atoms with Crippen molar-refractivity contribution in [1.29, 1.82) is 0 Å². The number of likely N-dealkylation sites (N-methyl/N-ethyl adjacent to an activating group) is 1. The molecule has 2 heterocycles. The average molecular weight is 239 g/mol. The van der Waals surface area contributed by atoms with Gasteiger partial charge < -0.3 is 15.5 Å². The Bertz CT molecular complexity index is 300. The summed E-state index contributed by atoms with van der Waals surface area (Å²) in [7, 11) is 1.83. The molecule has 2 aliphatic heterocycles. The van der Waals surface area contributed by atoms with Crippen LogP contribution >= 0.6 is 0 Å². The molecule has 2 N–H and O–H groups in total. The predicted molar refractivity (Wildman–Crippen MR) is 64.4 cm³/mol. The quantitative estimate of drug-likeness (QED) is 0.712. The SMILES string of the molecule is CN(CC1CCCCN1)C(=O)C1CNC(=O)C1. The number of hydrogen-bond donors (Lipinski definition) is 2.